The number of carbonyl (C=O) groups is 1. The molecule has 0 atom stereocenters. The zero-order valence-electron chi connectivity index (χ0n) is 11.3. The van der Waals surface area contributed by atoms with Gasteiger partial charge in [-0.15, -0.1) is 11.3 Å². The predicted molar refractivity (Wildman–Crippen MR) is 78.0 cm³/mol. The second-order valence-electron chi connectivity index (χ2n) is 4.92. The lowest BCUT2D eigenvalue weighted by molar-refractivity contribution is 0.0925. The summed E-state index contributed by atoms with van der Waals surface area (Å²) >= 11 is 1.66. The Kier molecular flexibility index (Phi) is 3.68. The van der Waals surface area contributed by atoms with E-state index in [1.807, 2.05) is 18.6 Å². The molecule has 3 rings (SSSR count). The van der Waals surface area contributed by atoms with Crippen molar-refractivity contribution in [2.75, 3.05) is 18.0 Å². The van der Waals surface area contributed by atoms with Crippen molar-refractivity contribution in [3.63, 3.8) is 0 Å². The number of aromatic nitrogens is 3. The number of amides is 1. The van der Waals surface area contributed by atoms with Gasteiger partial charge in [0, 0.05) is 44.0 Å². The third-order valence-electron chi connectivity index (χ3n) is 3.47. The van der Waals surface area contributed by atoms with Crippen LogP contribution in [0.2, 0.25) is 0 Å². The molecule has 0 spiro atoms. The van der Waals surface area contributed by atoms with Crippen LogP contribution in [-0.4, -0.2) is 39.8 Å². The average Bonchev–Trinajstić information content (AvgIpc) is 3.10. The quantitative estimate of drug-likeness (QED) is 0.925. The van der Waals surface area contributed by atoms with E-state index in [0.29, 0.717) is 5.69 Å². The Hall–Kier alpha value is -1.89. The monoisotopic (exact) mass is 291 g/mol. The van der Waals surface area contributed by atoms with Gasteiger partial charge in [-0.2, -0.15) is 5.10 Å². The fourth-order valence-electron chi connectivity index (χ4n) is 2.38. The number of carbonyl (C=O) groups excluding carboxylic acids is 1. The molecule has 1 amide bonds. The molecular formula is C13H17N5OS. The summed E-state index contributed by atoms with van der Waals surface area (Å²) in [4.78, 5) is 18.6. The second-order valence-corrected chi connectivity index (χ2v) is 5.80. The summed E-state index contributed by atoms with van der Waals surface area (Å²) in [5.41, 5.74) is 0.481. The van der Waals surface area contributed by atoms with E-state index in [2.05, 4.69) is 20.3 Å². The van der Waals surface area contributed by atoms with Crippen molar-refractivity contribution < 1.29 is 4.79 Å². The number of hydrogen-bond acceptors (Lipinski definition) is 5. The molecule has 0 saturated carbocycles. The van der Waals surface area contributed by atoms with Crippen LogP contribution in [-0.2, 0) is 7.05 Å². The van der Waals surface area contributed by atoms with Crippen molar-refractivity contribution in [1.82, 2.24) is 20.1 Å². The fourth-order valence-corrected chi connectivity index (χ4v) is 3.08. The Labute approximate surface area is 121 Å². The van der Waals surface area contributed by atoms with Crippen molar-refractivity contribution in [2.45, 2.75) is 18.9 Å². The number of nitrogens with one attached hydrogen (secondary N) is 1. The first-order valence-corrected chi connectivity index (χ1v) is 7.55. The molecule has 106 valence electrons. The number of thiazole rings is 1. The van der Waals surface area contributed by atoms with Gasteiger partial charge in [-0.25, -0.2) is 4.98 Å². The molecule has 3 heterocycles. The molecule has 6 nitrogen and oxygen atoms in total. The van der Waals surface area contributed by atoms with E-state index < -0.39 is 0 Å². The Balaban J connectivity index is 1.52. The maximum Gasteiger partial charge on any atom is 0.271 e. The van der Waals surface area contributed by atoms with Crippen LogP contribution in [0.4, 0.5) is 5.13 Å². The fraction of sp³-hybridized carbons (Fsp3) is 0.462. The van der Waals surface area contributed by atoms with E-state index in [-0.39, 0.29) is 11.9 Å². The third-order valence-corrected chi connectivity index (χ3v) is 4.30. The average molecular weight is 291 g/mol. The van der Waals surface area contributed by atoms with Crippen LogP contribution in [0, 0.1) is 0 Å². The summed E-state index contributed by atoms with van der Waals surface area (Å²) in [7, 11) is 1.81. The third kappa shape index (κ3) is 2.82. The molecule has 2 aromatic heterocycles. The first kappa shape index (κ1) is 13.1. The van der Waals surface area contributed by atoms with Crippen LogP contribution >= 0.6 is 11.3 Å². The molecule has 1 saturated heterocycles. The Morgan fingerprint density at radius 1 is 1.45 bits per heavy atom. The van der Waals surface area contributed by atoms with Crippen molar-refractivity contribution >= 4 is 22.4 Å². The molecule has 2 aromatic rings. The zero-order valence-corrected chi connectivity index (χ0v) is 12.1. The van der Waals surface area contributed by atoms with Gasteiger partial charge >= 0.3 is 0 Å². The van der Waals surface area contributed by atoms with E-state index in [1.165, 1.54) is 0 Å². The topological polar surface area (TPSA) is 63.1 Å². The lowest BCUT2D eigenvalue weighted by atomic mass is 10.1. The van der Waals surface area contributed by atoms with Crippen LogP contribution in [0.25, 0.3) is 0 Å². The second kappa shape index (κ2) is 5.62. The van der Waals surface area contributed by atoms with Gasteiger partial charge in [0.2, 0.25) is 0 Å². The molecule has 7 heteroatoms. The van der Waals surface area contributed by atoms with E-state index in [0.717, 1.165) is 31.1 Å². The van der Waals surface area contributed by atoms with E-state index in [1.54, 1.807) is 28.3 Å². The molecule has 1 aliphatic heterocycles. The smallest absolute Gasteiger partial charge is 0.271 e. The minimum Gasteiger partial charge on any atom is -0.348 e. The zero-order chi connectivity index (χ0) is 13.9. The Bertz CT molecular complexity index is 571. The number of rotatable bonds is 3. The number of aryl methyl sites for hydroxylation is 1. The molecule has 1 fully saturated rings. The lowest BCUT2D eigenvalue weighted by Crippen LogP contribution is -2.44. The van der Waals surface area contributed by atoms with Gasteiger partial charge in [-0.05, 0) is 18.9 Å². The van der Waals surface area contributed by atoms with Crippen LogP contribution in [0.5, 0.6) is 0 Å². The van der Waals surface area contributed by atoms with E-state index >= 15 is 0 Å². The molecule has 1 N–H and O–H groups in total. The maximum absolute atomic E-state index is 12.0. The summed E-state index contributed by atoms with van der Waals surface area (Å²) in [6.45, 7) is 1.86. The van der Waals surface area contributed by atoms with Gasteiger partial charge in [0.1, 0.15) is 5.69 Å². The summed E-state index contributed by atoms with van der Waals surface area (Å²) in [6, 6.07) is 1.96. The molecule has 0 unspecified atom stereocenters. The summed E-state index contributed by atoms with van der Waals surface area (Å²) in [6.07, 6.45) is 5.49. The Morgan fingerprint density at radius 2 is 2.25 bits per heavy atom. The number of anilines is 1. The van der Waals surface area contributed by atoms with Crippen LogP contribution in [0.1, 0.15) is 23.3 Å². The minimum atomic E-state index is -0.0849. The highest BCUT2D eigenvalue weighted by Crippen LogP contribution is 2.22. The summed E-state index contributed by atoms with van der Waals surface area (Å²) < 4.78 is 1.64. The van der Waals surface area contributed by atoms with Gasteiger partial charge in [0.15, 0.2) is 5.13 Å². The number of hydrogen-bond donors (Lipinski definition) is 1. The molecule has 0 radical (unpaired) electrons. The minimum absolute atomic E-state index is 0.0849. The molecule has 20 heavy (non-hydrogen) atoms. The molecule has 0 aliphatic carbocycles. The maximum atomic E-state index is 12.0. The number of nitrogens with zero attached hydrogens (tertiary/aromatic N) is 4. The van der Waals surface area contributed by atoms with Gasteiger partial charge in [0.05, 0.1) is 0 Å². The highest BCUT2D eigenvalue weighted by Gasteiger charge is 2.22. The molecular weight excluding hydrogens is 274 g/mol. The van der Waals surface area contributed by atoms with Crippen LogP contribution in [0.3, 0.4) is 0 Å². The molecule has 0 bridgehead atoms. The number of piperidine rings is 1. The summed E-state index contributed by atoms with van der Waals surface area (Å²) in [5.74, 6) is -0.0849. The largest absolute Gasteiger partial charge is 0.348 e. The summed E-state index contributed by atoms with van der Waals surface area (Å²) in [5, 5.41) is 10.2. The van der Waals surface area contributed by atoms with Gasteiger partial charge in [0.25, 0.3) is 5.91 Å². The van der Waals surface area contributed by atoms with E-state index in [9.17, 15) is 4.79 Å². The lowest BCUT2D eigenvalue weighted by Gasteiger charge is -2.31. The van der Waals surface area contributed by atoms with Gasteiger partial charge < -0.3 is 10.2 Å². The first-order valence-electron chi connectivity index (χ1n) is 6.67. The molecule has 0 aromatic carbocycles. The standard InChI is InChI=1S/C13H17N5OS/c1-17-6-4-11(16-17)12(19)15-10-2-7-18(8-3-10)13-14-5-9-20-13/h4-6,9-10H,2-3,7-8H2,1H3,(H,15,19). The van der Waals surface area contributed by atoms with Crippen LogP contribution < -0.4 is 10.2 Å². The van der Waals surface area contributed by atoms with Crippen molar-refractivity contribution in [3.8, 4) is 0 Å². The van der Waals surface area contributed by atoms with Gasteiger partial charge in [-0.1, -0.05) is 0 Å². The van der Waals surface area contributed by atoms with Crippen molar-refractivity contribution in [3.05, 3.63) is 29.5 Å². The Morgan fingerprint density at radius 3 is 2.85 bits per heavy atom. The SMILES string of the molecule is Cn1ccc(C(=O)NC2CCN(c3nccs3)CC2)n1. The van der Waals surface area contributed by atoms with Gasteiger partial charge in [-0.3, -0.25) is 9.48 Å². The molecule has 1 aliphatic rings. The highest BCUT2D eigenvalue weighted by molar-refractivity contribution is 7.13. The van der Waals surface area contributed by atoms with Crippen molar-refractivity contribution in [1.29, 1.82) is 0 Å². The van der Waals surface area contributed by atoms with Crippen molar-refractivity contribution in [2.24, 2.45) is 7.05 Å². The first-order chi connectivity index (χ1) is 9.72. The van der Waals surface area contributed by atoms with E-state index in [4.69, 9.17) is 0 Å². The normalized spacial score (nSPS) is 16.4. The predicted octanol–water partition coefficient (Wildman–Crippen LogP) is 1.28. The van der Waals surface area contributed by atoms with Crippen LogP contribution in [0.15, 0.2) is 23.8 Å². The highest BCUT2D eigenvalue weighted by atomic mass is 32.1.